The van der Waals surface area contributed by atoms with Crippen molar-refractivity contribution in [1.29, 1.82) is 0 Å². The average molecular weight is 491 g/mol. The van der Waals surface area contributed by atoms with Gasteiger partial charge in [0.2, 0.25) is 12.7 Å². The van der Waals surface area contributed by atoms with Crippen molar-refractivity contribution in [2.24, 2.45) is 0 Å². The second kappa shape index (κ2) is 11.5. The minimum Gasteiger partial charge on any atom is -0.399 e. The van der Waals surface area contributed by atoms with E-state index < -0.39 is 11.7 Å². The zero-order chi connectivity index (χ0) is 24.7. The van der Waals surface area contributed by atoms with Crippen molar-refractivity contribution in [3.63, 3.8) is 0 Å². The lowest BCUT2D eigenvalue weighted by Crippen LogP contribution is -2.36. The number of nitrogens with two attached hydrogens (primary N) is 1. The third-order valence-electron chi connectivity index (χ3n) is 5.04. The zero-order valence-electron chi connectivity index (χ0n) is 18.9. The number of nitrogens with one attached hydrogen (secondary N) is 1. The Balaban J connectivity index is 0.00000158. The molecule has 179 valence electrons. The van der Waals surface area contributed by atoms with E-state index in [1.807, 2.05) is 21.3 Å². The van der Waals surface area contributed by atoms with Gasteiger partial charge < -0.3 is 15.9 Å². The summed E-state index contributed by atoms with van der Waals surface area (Å²) in [6, 6.07) is 3.48. The summed E-state index contributed by atoms with van der Waals surface area (Å²) in [4.78, 5) is 19.1. The highest BCUT2D eigenvalue weighted by Crippen LogP contribution is 2.32. The molecule has 0 unspecified atom stereocenters. The maximum atomic E-state index is 13.1. The predicted octanol–water partition coefficient (Wildman–Crippen LogP) is 4.34. The predicted molar refractivity (Wildman–Crippen MR) is 127 cm³/mol. The van der Waals surface area contributed by atoms with Gasteiger partial charge in [0.15, 0.2) is 0 Å². The fraction of sp³-hybridized carbons (Fsp3) is 0.364. The summed E-state index contributed by atoms with van der Waals surface area (Å²) in [7, 11) is 2.04. The molecule has 0 fully saturated rings. The number of hydrogen-bond acceptors (Lipinski definition) is 7. The van der Waals surface area contributed by atoms with E-state index in [1.165, 1.54) is 6.07 Å². The molecule has 0 atom stereocenters. The third kappa shape index (κ3) is 6.80. The van der Waals surface area contributed by atoms with Crippen LogP contribution in [-0.4, -0.2) is 38.7 Å². The number of hydrogen-bond donors (Lipinski definition) is 2. The SMILES string of the molecule is CC.Nc1cc(CNc2nc(Cl)nc3c2CN([B]Cc2cnccn2)CC3)cc(C(F)(F)F)c1. The van der Waals surface area contributed by atoms with Crippen LogP contribution in [0.1, 0.15) is 41.9 Å². The first-order valence-electron chi connectivity index (χ1n) is 10.9. The fourth-order valence-electron chi connectivity index (χ4n) is 3.53. The number of fused-ring (bicyclic) bond motifs is 1. The number of halogens is 4. The van der Waals surface area contributed by atoms with Gasteiger partial charge in [-0.25, -0.2) is 9.97 Å². The Bertz CT molecular complexity index is 1100. The molecule has 1 aliphatic rings. The zero-order valence-corrected chi connectivity index (χ0v) is 19.7. The number of nitrogen functional groups attached to an aromatic ring is 1. The lowest BCUT2D eigenvalue weighted by Gasteiger charge is -2.29. The van der Waals surface area contributed by atoms with E-state index in [0.29, 0.717) is 30.7 Å². The van der Waals surface area contributed by atoms with Crippen LogP contribution in [-0.2, 0) is 32.0 Å². The molecule has 0 saturated carbocycles. The highest BCUT2D eigenvalue weighted by molar-refractivity contribution is 6.31. The van der Waals surface area contributed by atoms with Crippen LogP contribution in [0.15, 0.2) is 36.8 Å². The van der Waals surface area contributed by atoms with E-state index in [-0.39, 0.29) is 17.5 Å². The van der Waals surface area contributed by atoms with Gasteiger partial charge in [0.1, 0.15) is 5.82 Å². The van der Waals surface area contributed by atoms with E-state index >= 15 is 0 Å². The molecule has 7 nitrogen and oxygen atoms in total. The molecule has 34 heavy (non-hydrogen) atoms. The molecule has 0 spiro atoms. The van der Waals surface area contributed by atoms with Gasteiger partial charge in [0.25, 0.3) is 0 Å². The van der Waals surface area contributed by atoms with Crippen molar-refractivity contribution in [2.45, 2.75) is 45.9 Å². The summed E-state index contributed by atoms with van der Waals surface area (Å²) < 4.78 is 39.3. The Morgan fingerprint density at radius 2 is 1.97 bits per heavy atom. The Morgan fingerprint density at radius 1 is 1.18 bits per heavy atom. The maximum Gasteiger partial charge on any atom is 0.416 e. The Morgan fingerprint density at radius 3 is 2.68 bits per heavy atom. The molecule has 0 bridgehead atoms. The van der Waals surface area contributed by atoms with Crippen molar-refractivity contribution < 1.29 is 13.2 Å². The Labute approximate surface area is 202 Å². The van der Waals surface area contributed by atoms with Crippen LogP contribution < -0.4 is 11.1 Å². The van der Waals surface area contributed by atoms with Gasteiger partial charge in [-0.1, -0.05) is 13.8 Å². The standard InChI is InChI=1S/C20H19BClF3N7.C2H6/c22-19-30-17-1-4-32(21-8-15-10-27-2-3-28-15)11-16(17)18(31-19)29-9-12-5-13(20(23,24)25)7-14(26)6-12;1-2/h2-3,5-7,10H,1,4,8-9,11,26H2,(H,29,30,31);1-2H3. The van der Waals surface area contributed by atoms with Crippen molar-refractivity contribution in [3.05, 3.63) is 70.2 Å². The van der Waals surface area contributed by atoms with Crippen LogP contribution in [0.25, 0.3) is 0 Å². The molecule has 12 heteroatoms. The highest BCUT2D eigenvalue weighted by atomic mass is 35.5. The van der Waals surface area contributed by atoms with E-state index in [4.69, 9.17) is 17.3 Å². The monoisotopic (exact) mass is 490 g/mol. The summed E-state index contributed by atoms with van der Waals surface area (Å²) >= 11 is 6.08. The molecular formula is C22H25BClF3N7. The minimum absolute atomic E-state index is 0.0455. The molecular weight excluding hydrogens is 466 g/mol. The first-order valence-corrected chi connectivity index (χ1v) is 11.2. The van der Waals surface area contributed by atoms with Gasteiger partial charge in [-0.2, -0.15) is 13.2 Å². The van der Waals surface area contributed by atoms with Crippen LogP contribution in [0.3, 0.4) is 0 Å². The van der Waals surface area contributed by atoms with Crippen molar-refractivity contribution in [1.82, 2.24) is 24.7 Å². The first-order chi connectivity index (χ1) is 16.3. The smallest absolute Gasteiger partial charge is 0.399 e. The number of aromatic nitrogens is 4. The van der Waals surface area contributed by atoms with Gasteiger partial charge in [-0.05, 0) is 48.2 Å². The van der Waals surface area contributed by atoms with Gasteiger partial charge in [0.05, 0.1) is 17.0 Å². The molecule has 3 heterocycles. The van der Waals surface area contributed by atoms with Crippen molar-refractivity contribution in [3.8, 4) is 0 Å². The highest BCUT2D eigenvalue weighted by Gasteiger charge is 2.31. The molecule has 0 aliphatic carbocycles. The topological polar surface area (TPSA) is 92.8 Å². The molecule has 0 saturated heterocycles. The van der Waals surface area contributed by atoms with Crippen molar-refractivity contribution in [2.75, 3.05) is 17.6 Å². The fourth-order valence-corrected chi connectivity index (χ4v) is 3.72. The van der Waals surface area contributed by atoms with E-state index in [1.54, 1.807) is 18.6 Å². The van der Waals surface area contributed by atoms with Gasteiger partial charge in [0, 0.05) is 49.4 Å². The lowest BCUT2D eigenvalue weighted by atomic mass is 9.82. The first kappa shape index (κ1) is 25.7. The van der Waals surface area contributed by atoms with Crippen LogP contribution in [0.4, 0.5) is 24.7 Å². The van der Waals surface area contributed by atoms with Gasteiger partial charge >= 0.3 is 6.18 Å². The third-order valence-corrected chi connectivity index (χ3v) is 5.21. The Kier molecular flexibility index (Phi) is 8.68. The quantitative estimate of drug-likeness (QED) is 0.302. The molecule has 1 aromatic carbocycles. The maximum absolute atomic E-state index is 13.1. The van der Waals surface area contributed by atoms with E-state index in [0.717, 1.165) is 35.6 Å². The largest absolute Gasteiger partial charge is 0.416 e. The number of nitrogens with zero attached hydrogens (tertiary/aromatic N) is 5. The van der Waals surface area contributed by atoms with Crippen molar-refractivity contribution >= 4 is 30.5 Å². The van der Waals surface area contributed by atoms with Gasteiger partial charge in [-0.3, -0.25) is 9.97 Å². The van der Waals surface area contributed by atoms with Crippen LogP contribution in [0.2, 0.25) is 5.28 Å². The van der Waals surface area contributed by atoms with E-state index in [2.05, 4.69) is 30.1 Å². The summed E-state index contributed by atoms with van der Waals surface area (Å²) in [6.07, 6.45) is 1.81. The van der Waals surface area contributed by atoms with Gasteiger partial charge in [-0.15, -0.1) is 0 Å². The van der Waals surface area contributed by atoms with E-state index in [9.17, 15) is 13.2 Å². The molecule has 2 aromatic heterocycles. The minimum atomic E-state index is -4.47. The second-order valence-corrected chi connectivity index (χ2v) is 7.72. The number of anilines is 2. The van der Waals surface area contributed by atoms with Crippen LogP contribution in [0.5, 0.6) is 0 Å². The molecule has 4 rings (SSSR count). The number of rotatable bonds is 6. The summed E-state index contributed by atoms with van der Waals surface area (Å²) in [5, 5.41) is 3.20. The Hall–Kier alpha value is -2.92. The second-order valence-electron chi connectivity index (χ2n) is 7.38. The summed E-state index contributed by atoms with van der Waals surface area (Å²) in [5.74, 6) is 0.494. The molecule has 1 aliphatic heterocycles. The normalized spacial score (nSPS) is 13.5. The number of alkyl halides is 3. The molecule has 1 radical (unpaired) electrons. The van der Waals surface area contributed by atoms with Crippen LogP contribution >= 0.6 is 11.6 Å². The molecule has 0 amide bonds. The molecule has 3 aromatic rings. The summed E-state index contributed by atoms with van der Waals surface area (Å²) in [6.45, 7) is 5.40. The van der Waals surface area contributed by atoms with Crippen LogP contribution in [0, 0.1) is 0 Å². The lowest BCUT2D eigenvalue weighted by molar-refractivity contribution is -0.137. The number of benzene rings is 1. The molecule has 3 N–H and O–H groups in total. The summed E-state index contributed by atoms with van der Waals surface area (Å²) in [5.41, 5.74) is 7.84. The average Bonchev–Trinajstić information content (AvgIpc) is 2.82.